The smallest absolute Gasteiger partial charge is 0.253 e. The van der Waals surface area contributed by atoms with Gasteiger partial charge in [0, 0.05) is 18.4 Å². The van der Waals surface area contributed by atoms with E-state index in [0.29, 0.717) is 0 Å². The van der Waals surface area contributed by atoms with E-state index in [-0.39, 0.29) is 23.7 Å². The van der Waals surface area contributed by atoms with Crippen LogP contribution in [0.1, 0.15) is 18.4 Å². The maximum absolute atomic E-state index is 10.2. The normalized spacial score (nSPS) is 14.3. The fourth-order valence-corrected chi connectivity index (χ4v) is 1.18. The summed E-state index contributed by atoms with van der Waals surface area (Å²) in [4.78, 5) is 20.5. The topological polar surface area (TPSA) is 107 Å². The molecule has 0 bridgehead atoms. The van der Waals surface area contributed by atoms with Crippen molar-refractivity contribution >= 4 is 17.6 Å². The summed E-state index contributed by atoms with van der Waals surface area (Å²) in [5, 5.41) is 15.6. The second-order valence-electron chi connectivity index (χ2n) is 3.38. The Morgan fingerprint density at radius 3 is 1.88 bits per heavy atom. The Balaban J connectivity index is 0.000000171. The van der Waals surface area contributed by atoms with Gasteiger partial charge in [-0.2, -0.15) is 5.06 Å². The first kappa shape index (κ1) is 12.9. The molecule has 4 N–H and O–H groups in total. The van der Waals surface area contributed by atoms with Gasteiger partial charge in [-0.1, -0.05) is 30.3 Å². The monoisotopic (exact) mass is 235 g/mol. The van der Waals surface area contributed by atoms with E-state index in [2.05, 4.69) is 0 Å². The van der Waals surface area contributed by atoms with Gasteiger partial charge in [-0.15, -0.1) is 0 Å². The van der Waals surface area contributed by atoms with Crippen molar-refractivity contribution in [2.24, 2.45) is 5.73 Å². The van der Waals surface area contributed by atoms with Crippen LogP contribution < -0.4 is 5.73 Å². The fourth-order valence-electron chi connectivity index (χ4n) is 1.18. The van der Waals surface area contributed by atoms with E-state index in [1.54, 1.807) is 0 Å². The van der Waals surface area contributed by atoms with E-state index >= 15 is 0 Å². The number of benzene rings is 1. The van der Waals surface area contributed by atoms with Crippen molar-refractivity contribution in [3.8, 4) is 0 Å². The largest absolute Gasteiger partial charge is 0.384 e. The van der Waals surface area contributed by atoms with Crippen molar-refractivity contribution in [1.82, 2.24) is 5.06 Å². The van der Waals surface area contributed by atoms with E-state index in [9.17, 15) is 9.59 Å². The van der Waals surface area contributed by atoms with Gasteiger partial charge < -0.3 is 5.73 Å². The molecule has 0 radical (unpaired) electrons. The Morgan fingerprint density at radius 2 is 1.65 bits per heavy atom. The zero-order valence-corrected chi connectivity index (χ0v) is 9.09. The van der Waals surface area contributed by atoms with Crippen LogP contribution in [0.3, 0.4) is 0 Å². The number of imide groups is 1. The highest BCUT2D eigenvalue weighted by Gasteiger charge is 2.26. The van der Waals surface area contributed by atoms with Gasteiger partial charge in [0.1, 0.15) is 5.84 Å². The van der Waals surface area contributed by atoms with Crippen molar-refractivity contribution in [2.75, 3.05) is 0 Å². The third-order valence-electron chi connectivity index (χ3n) is 2.11. The van der Waals surface area contributed by atoms with E-state index in [1.165, 1.54) is 0 Å². The molecule has 0 spiro atoms. The molecule has 0 aliphatic carbocycles. The third-order valence-corrected chi connectivity index (χ3v) is 2.11. The number of amides is 2. The summed E-state index contributed by atoms with van der Waals surface area (Å²) in [5.74, 6) is -0.888. The van der Waals surface area contributed by atoms with Crippen LogP contribution in [0, 0.1) is 5.41 Å². The molecular formula is C11H13N3O3. The zero-order chi connectivity index (χ0) is 12.8. The maximum Gasteiger partial charge on any atom is 0.253 e. The first-order chi connectivity index (χ1) is 8.02. The van der Waals surface area contributed by atoms with Crippen molar-refractivity contribution in [3.63, 3.8) is 0 Å². The molecular weight excluding hydrogens is 222 g/mol. The second-order valence-corrected chi connectivity index (χ2v) is 3.38. The number of rotatable bonds is 1. The first-order valence-electron chi connectivity index (χ1n) is 4.96. The summed E-state index contributed by atoms with van der Waals surface area (Å²) in [6, 6.07) is 9.23. The summed E-state index contributed by atoms with van der Waals surface area (Å²) in [6.45, 7) is 0. The summed E-state index contributed by atoms with van der Waals surface area (Å²) >= 11 is 0. The standard InChI is InChI=1S/C7H8N2.C4H5NO3/c8-7(9)6-4-2-1-3-5-6;6-3-1-2-4(7)5(3)8/h1-5H,(H3,8,9);8H,1-2H2. The van der Waals surface area contributed by atoms with Crippen molar-refractivity contribution < 1.29 is 14.8 Å². The average Bonchev–Trinajstić information content (AvgIpc) is 2.62. The molecule has 90 valence electrons. The van der Waals surface area contributed by atoms with E-state index in [0.717, 1.165) is 5.56 Å². The molecule has 2 rings (SSSR count). The number of hydroxylamine groups is 2. The minimum Gasteiger partial charge on any atom is -0.384 e. The predicted molar refractivity (Wildman–Crippen MR) is 60.3 cm³/mol. The van der Waals surface area contributed by atoms with Crippen molar-refractivity contribution in [2.45, 2.75) is 12.8 Å². The van der Waals surface area contributed by atoms with Crippen molar-refractivity contribution in [1.29, 1.82) is 5.41 Å². The first-order valence-corrected chi connectivity index (χ1v) is 4.96. The number of amidine groups is 1. The van der Waals surface area contributed by atoms with Crippen LogP contribution in [0.2, 0.25) is 0 Å². The molecule has 0 atom stereocenters. The van der Waals surface area contributed by atoms with Gasteiger partial charge in [0.05, 0.1) is 0 Å². The molecule has 1 fully saturated rings. The van der Waals surface area contributed by atoms with E-state index < -0.39 is 11.8 Å². The number of carbonyl (C=O) groups excluding carboxylic acids is 2. The van der Waals surface area contributed by atoms with E-state index in [1.807, 2.05) is 30.3 Å². The van der Waals surface area contributed by atoms with Gasteiger partial charge in [0.15, 0.2) is 0 Å². The van der Waals surface area contributed by atoms with E-state index in [4.69, 9.17) is 16.4 Å². The Hall–Kier alpha value is -2.21. The predicted octanol–water partition coefficient (Wildman–Crippen LogP) is 0.495. The number of nitrogens with zero attached hydrogens (tertiary/aromatic N) is 1. The minimum absolute atomic E-state index is 0.121. The van der Waals surface area contributed by atoms with Gasteiger partial charge in [-0.3, -0.25) is 20.2 Å². The zero-order valence-electron chi connectivity index (χ0n) is 9.09. The molecule has 0 unspecified atom stereocenters. The summed E-state index contributed by atoms with van der Waals surface area (Å²) in [6.07, 6.45) is 0.296. The number of nitrogens with two attached hydrogens (primary N) is 1. The average molecular weight is 235 g/mol. The Kier molecular flexibility index (Phi) is 4.36. The third kappa shape index (κ3) is 3.69. The lowest BCUT2D eigenvalue weighted by molar-refractivity contribution is -0.171. The SMILES string of the molecule is N=C(N)c1ccccc1.O=C1CCC(=O)N1O. The molecule has 1 aliphatic rings. The lowest BCUT2D eigenvalue weighted by atomic mass is 10.2. The Morgan fingerprint density at radius 1 is 1.18 bits per heavy atom. The number of nitrogens with one attached hydrogen (secondary N) is 1. The van der Waals surface area contributed by atoms with Crippen LogP contribution in [-0.4, -0.2) is 27.9 Å². The molecule has 2 amide bonds. The van der Waals surface area contributed by atoms with Crippen molar-refractivity contribution in [3.05, 3.63) is 35.9 Å². The van der Waals surface area contributed by atoms with Crippen LogP contribution in [0.15, 0.2) is 30.3 Å². The number of hydrogen-bond donors (Lipinski definition) is 3. The highest BCUT2D eigenvalue weighted by molar-refractivity contribution is 6.00. The van der Waals surface area contributed by atoms with Crippen LogP contribution in [0.25, 0.3) is 0 Å². The Labute approximate surface area is 98.1 Å². The summed E-state index contributed by atoms with van der Waals surface area (Å²) in [5.41, 5.74) is 5.97. The molecule has 17 heavy (non-hydrogen) atoms. The van der Waals surface area contributed by atoms with Crippen LogP contribution in [0.5, 0.6) is 0 Å². The molecule has 6 nitrogen and oxygen atoms in total. The molecule has 0 aromatic heterocycles. The molecule has 1 saturated heterocycles. The van der Waals surface area contributed by atoms with Gasteiger partial charge >= 0.3 is 0 Å². The molecule has 1 aromatic rings. The number of carbonyl (C=O) groups is 2. The highest BCUT2D eigenvalue weighted by Crippen LogP contribution is 2.07. The van der Waals surface area contributed by atoms with Crippen LogP contribution >= 0.6 is 0 Å². The minimum atomic E-state index is -0.505. The van der Waals surface area contributed by atoms with Gasteiger partial charge in [0.25, 0.3) is 11.8 Å². The Bertz CT molecular complexity index is 415. The second kappa shape index (κ2) is 5.76. The lowest BCUT2D eigenvalue weighted by Gasteiger charge is -1.98. The van der Waals surface area contributed by atoms with Gasteiger partial charge in [-0.25, -0.2) is 0 Å². The number of hydrogen-bond acceptors (Lipinski definition) is 4. The highest BCUT2D eigenvalue weighted by atomic mass is 16.5. The van der Waals surface area contributed by atoms with Gasteiger partial charge in [-0.05, 0) is 0 Å². The molecule has 1 aromatic carbocycles. The summed E-state index contributed by atoms with van der Waals surface area (Å²) < 4.78 is 0. The van der Waals surface area contributed by atoms with Gasteiger partial charge in [0.2, 0.25) is 0 Å². The molecule has 1 aliphatic heterocycles. The summed E-state index contributed by atoms with van der Waals surface area (Å²) in [7, 11) is 0. The number of nitrogen functional groups attached to an aromatic ring is 1. The van der Waals surface area contributed by atoms with Crippen LogP contribution in [0.4, 0.5) is 0 Å². The lowest BCUT2D eigenvalue weighted by Crippen LogP contribution is -2.24. The maximum atomic E-state index is 10.2. The molecule has 6 heteroatoms. The molecule has 0 saturated carbocycles. The van der Waals surface area contributed by atoms with Crippen LogP contribution in [-0.2, 0) is 9.59 Å². The quantitative estimate of drug-likeness (QED) is 0.285. The molecule has 1 heterocycles. The fraction of sp³-hybridized carbons (Fsp3) is 0.182.